The van der Waals surface area contributed by atoms with Gasteiger partial charge in [-0.25, -0.2) is 4.98 Å². The van der Waals surface area contributed by atoms with Gasteiger partial charge in [-0.05, 0) is 31.4 Å². The summed E-state index contributed by atoms with van der Waals surface area (Å²) in [6.45, 7) is 4.22. The van der Waals surface area contributed by atoms with E-state index < -0.39 is 0 Å². The summed E-state index contributed by atoms with van der Waals surface area (Å²) in [6, 6.07) is 3.76. The number of pyridine rings is 1. The lowest BCUT2D eigenvalue weighted by Gasteiger charge is -2.24. The minimum absolute atomic E-state index is 0.505. The van der Waals surface area contributed by atoms with E-state index in [1.807, 2.05) is 19.1 Å². The van der Waals surface area contributed by atoms with Gasteiger partial charge in [0, 0.05) is 13.2 Å². The van der Waals surface area contributed by atoms with Gasteiger partial charge in [0.15, 0.2) is 0 Å². The highest BCUT2D eigenvalue weighted by molar-refractivity contribution is 6.31. The number of nitrogens with one attached hydrogen (secondary N) is 1. The third-order valence-electron chi connectivity index (χ3n) is 3.41. The van der Waals surface area contributed by atoms with Gasteiger partial charge in [-0.3, -0.25) is 0 Å². The molecule has 1 saturated carbocycles. The van der Waals surface area contributed by atoms with E-state index in [0.29, 0.717) is 11.6 Å². The molecule has 18 heavy (non-hydrogen) atoms. The molecule has 0 spiro atoms. The fourth-order valence-electron chi connectivity index (χ4n) is 2.07. The van der Waals surface area contributed by atoms with Gasteiger partial charge in [-0.1, -0.05) is 30.9 Å². The van der Waals surface area contributed by atoms with Crippen molar-refractivity contribution in [1.82, 2.24) is 4.98 Å². The summed E-state index contributed by atoms with van der Waals surface area (Å²) >= 11 is 6.11. The fourth-order valence-corrected chi connectivity index (χ4v) is 2.23. The normalized spacial score (nSPS) is 15.4. The second-order valence-electron chi connectivity index (χ2n) is 4.79. The van der Waals surface area contributed by atoms with Crippen molar-refractivity contribution in [3.63, 3.8) is 0 Å². The number of nitrogens with zero attached hydrogens (tertiary/aromatic N) is 1. The monoisotopic (exact) mass is 268 g/mol. The molecule has 0 aromatic carbocycles. The molecule has 0 atom stereocenters. The van der Waals surface area contributed by atoms with Crippen molar-refractivity contribution >= 4 is 17.4 Å². The quantitative estimate of drug-likeness (QED) is 0.762. The van der Waals surface area contributed by atoms with Crippen molar-refractivity contribution in [2.45, 2.75) is 39.2 Å². The van der Waals surface area contributed by atoms with E-state index in [9.17, 15) is 0 Å². The highest BCUT2D eigenvalue weighted by Crippen LogP contribution is 2.29. The van der Waals surface area contributed by atoms with Crippen LogP contribution in [0.25, 0.3) is 0 Å². The molecule has 0 aliphatic heterocycles. The summed E-state index contributed by atoms with van der Waals surface area (Å²) in [5, 5.41) is 3.86. The Hall–Kier alpha value is -0.800. The summed E-state index contributed by atoms with van der Waals surface area (Å²) in [5.74, 6) is 1.75. The molecule has 0 saturated heterocycles. The van der Waals surface area contributed by atoms with E-state index in [0.717, 1.165) is 30.6 Å². The Morgan fingerprint density at radius 1 is 1.44 bits per heavy atom. The summed E-state index contributed by atoms with van der Waals surface area (Å²) in [6.07, 6.45) is 5.31. The Bertz CT molecular complexity index is 380. The number of aromatic nitrogens is 1. The van der Waals surface area contributed by atoms with Crippen LogP contribution in [0.4, 0.5) is 5.82 Å². The van der Waals surface area contributed by atoms with Gasteiger partial charge in [0.1, 0.15) is 5.82 Å². The van der Waals surface area contributed by atoms with Crippen molar-refractivity contribution in [3.05, 3.63) is 22.8 Å². The molecule has 100 valence electrons. The first-order chi connectivity index (χ1) is 8.79. The van der Waals surface area contributed by atoms with Gasteiger partial charge in [-0.15, -0.1) is 0 Å². The Balaban J connectivity index is 1.77. The van der Waals surface area contributed by atoms with Gasteiger partial charge in [0.25, 0.3) is 0 Å². The van der Waals surface area contributed by atoms with E-state index in [2.05, 4.69) is 10.3 Å². The molecule has 3 nitrogen and oxygen atoms in total. The van der Waals surface area contributed by atoms with Crippen LogP contribution in [0.5, 0.6) is 0 Å². The third-order valence-corrected chi connectivity index (χ3v) is 3.75. The van der Waals surface area contributed by atoms with E-state index in [4.69, 9.17) is 16.3 Å². The van der Waals surface area contributed by atoms with Crippen LogP contribution in [-0.4, -0.2) is 18.1 Å². The van der Waals surface area contributed by atoms with Crippen molar-refractivity contribution < 1.29 is 4.74 Å². The molecular weight excluding hydrogens is 248 g/mol. The predicted molar refractivity (Wildman–Crippen MR) is 75.0 cm³/mol. The SMILES string of the molecule is CCNc1ccc(Cl)c(COCCC2CCC2)n1. The first-order valence-corrected chi connectivity index (χ1v) is 7.14. The Morgan fingerprint density at radius 2 is 2.28 bits per heavy atom. The molecular formula is C14H21ClN2O. The third kappa shape index (κ3) is 3.85. The molecule has 0 radical (unpaired) electrons. The molecule has 1 heterocycles. The minimum Gasteiger partial charge on any atom is -0.375 e. The maximum atomic E-state index is 6.11. The molecule has 0 bridgehead atoms. The average Bonchev–Trinajstić information content (AvgIpc) is 2.30. The van der Waals surface area contributed by atoms with E-state index in [1.165, 1.54) is 25.7 Å². The van der Waals surface area contributed by atoms with Crippen LogP contribution in [0.3, 0.4) is 0 Å². The lowest BCUT2D eigenvalue weighted by Crippen LogP contribution is -2.13. The number of hydrogen-bond donors (Lipinski definition) is 1. The minimum atomic E-state index is 0.505. The van der Waals surface area contributed by atoms with Crippen molar-refractivity contribution in [2.24, 2.45) is 5.92 Å². The van der Waals surface area contributed by atoms with Crippen molar-refractivity contribution in [3.8, 4) is 0 Å². The van der Waals surface area contributed by atoms with Crippen LogP contribution in [0, 0.1) is 5.92 Å². The molecule has 0 unspecified atom stereocenters. The van der Waals surface area contributed by atoms with Crippen LogP contribution in [0.15, 0.2) is 12.1 Å². The molecule has 1 aliphatic rings. The summed E-state index contributed by atoms with van der Waals surface area (Å²) in [7, 11) is 0. The van der Waals surface area contributed by atoms with Gasteiger partial charge in [0.2, 0.25) is 0 Å². The average molecular weight is 269 g/mol. The number of rotatable bonds is 7. The second kappa shape index (κ2) is 6.95. The summed E-state index contributed by atoms with van der Waals surface area (Å²) < 4.78 is 5.67. The lowest BCUT2D eigenvalue weighted by atomic mass is 9.83. The molecule has 4 heteroatoms. The maximum absolute atomic E-state index is 6.11. The molecule has 1 N–H and O–H groups in total. The zero-order valence-electron chi connectivity index (χ0n) is 10.9. The summed E-state index contributed by atoms with van der Waals surface area (Å²) in [5.41, 5.74) is 0.823. The first kappa shape index (κ1) is 13.6. The van der Waals surface area contributed by atoms with Crippen LogP contribution in [-0.2, 0) is 11.3 Å². The van der Waals surface area contributed by atoms with Crippen LogP contribution in [0.1, 0.15) is 38.3 Å². The van der Waals surface area contributed by atoms with E-state index in [-0.39, 0.29) is 0 Å². The lowest BCUT2D eigenvalue weighted by molar-refractivity contribution is 0.0930. The van der Waals surface area contributed by atoms with Crippen molar-refractivity contribution in [1.29, 1.82) is 0 Å². The van der Waals surface area contributed by atoms with Crippen LogP contribution in [0.2, 0.25) is 5.02 Å². The molecule has 2 rings (SSSR count). The predicted octanol–water partition coefficient (Wildman–Crippen LogP) is 3.87. The van der Waals surface area contributed by atoms with Crippen LogP contribution >= 0.6 is 11.6 Å². The molecule has 1 aromatic heterocycles. The Kier molecular flexibility index (Phi) is 5.26. The number of halogens is 1. The standard InChI is InChI=1S/C14H21ClN2O/c1-2-16-14-7-6-12(15)13(17-14)10-18-9-8-11-4-3-5-11/h6-7,11H,2-5,8-10H2,1H3,(H,16,17). The number of ether oxygens (including phenoxy) is 1. The zero-order valence-corrected chi connectivity index (χ0v) is 11.7. The molecule has 0 amide bonds. The topological polar surface area (TPSA) is 34.1 Å². The fraction of sp³-hybridized carbons (Fsp3) is 0.643. The van der Waals surface area contributed by atoms with Crippen molar-refractivity contribution in [2.75, 3.05) is 18.5 Å². The maximum Gasteiger partial charge on any atom is 0.126 e. The van der Waals surface area contributed by atoms with Crippen LogP contribution < -0.4 is 5.32 Å². The van der Waals surface area contributed by atoms with Gasteiger partial charge in [-0.2, -0.15) is 0 Å². The Morgan fingerprint density at radius 3 is 2.94 bits per heavy atom. The molecule has 1 aromatic rings. The zero-order chi connectivity index (χ0) is 12.8. The van der Waals surface area contributed by atoms with Gasteiger partial charge in [0.05, 0.1) is 17.3 Å². The van der Waals surface area contributed by atoms with Gasteiger partial charge < -0.3 is 10.1 Å². The highest BCUT2D eigenvalue weighted by atomic mass is 35.5. The van der Waals surface area contributed by atoms with E-state index >= 15 is 0 Å². The Labute approximate surface area is 114 Å². The highest BCUT2D eigenvalue weighted by Gasteiger charge is 2.16. The second-order valence-corrected chi connectivity index (χ2v) is 5.20. The summed E-state index contributed by atoms with van der Waals surface area (Å²) in [4.78, 5) is 4.44. The smallest absolute Gasteiger partial charge is 0.126 e. The van der Waals surface area contributed by atoms with E-state index in [1.54, 1.807) is 0 Å². The largest absolute Gasteiger partial charge is 0.375 e. The number of anilines is 1. The molecule has 1 fully saturated rings. The first-order valence-electron chi connectivity index (χ1n) is 6.76. The number of hydrogen-bond acceptors (Lipinski definition) is 3. The van der Waals surface area contributed by atoms with Gasteiger partial charge >= 0.3 is 0 Å². The molecule has 1 aliphatic carbocycles.